The maximum atomic E-state index is 12.1. The lowest BCUT2D eigenvalue weighted by molar-refractivity contribution is -0.384. The van der Waals surface area contributed by atoms with Gasteiger partial charge in [0.2, 0.25) is 10.0 Å². The van der Waals surface area contributed by atoms with Gasteiger partial charge in [-0.2, -0.15) is 0 Å². The van der Waals surface area contributed by atoms with E-state index in [-0.39, 0.29) is 30.2 Å². The molecule has 2 unspecified atom stereocenters. The summed E-state index contributed by atoms with van der Waals surface area (Å²) in [5.41, 5.74) is 1.59. The number of hydrogen-bond donors (Lipinski definition) is 1. The molecule has 24 heavy (non-hydrogen) atoms. The molecule has 2 aromatic carbocycles. The first kappa shape index (κ1) is 16.6. The summed E-state index contributed by atoms with van der Waals surface area (Å²) in [5.74, 6) is -0.112. The Hall–Kier alpha value is -2.29. The SMILES string of the molecule is O=[N+]([O-])c1ccc(CNS(=O)(=O)CC2OC2c2ccccc2)cc1. The molecule has 7 nitrogen and oxygen atoms in total. The van der Waals surface area contributed by atoms with Gasteiger partial charge in [0, 0.05) is 18.7 Å². The monoisotopic (exact) mass is 348 g/mol. The summed E-state index contributed by atoms with van der Waals surface area (Å²) in [5, 5.41) is 10.6. The van der Waals surface area contributed by atoms with E-state index in [1.807, 2.05) is 30.3 Å². The molecule has 0 aromatic heterocycles. The fourth-order valence-electron chi connectivity index (χ4n) is 2.41. The number of nitro groups is 1. The molecule has 3 rings (SSSR count). The van der Waals surface area contributed by atoms with Crippen molar-refractivity contribution >= 4 is 15.7 Å². The standard InChI is InChI=1S/C16H16N2O5S/c19-18(20)14-8-6-12(7-9-14)10-17-24(21,22)11-15-16(23-15)13-4-2-1-3-5-13/h1-9,15-17H,10-11H2. The van der Waals surface area contributed by atoms with Crippen molar-refractivity contribution in [1.29, 1.82) is 0 Å². The van der Waals surface area contributed by atoms with Gasteiger partial charge in [0.1, 0.15) is 12.2 Å². The Labute approximate surface area is 139 Å². The third-order valence-electron chi connectivity index (χ3n) is 3.74. The van der Waals surface area contributed by atoms with Crippen LogP contribution in [-0.4, -0.2) is 25.2 Å². The van der Waals surface area contributed by atoms with E-state index in [0.717, 1.165) is 5.56 Å². The largest absolute Gasteiger partial charge is 0.363 e. The van der Waals surface area contributed by atoms with Crippen molar-refractivity contribution in [1.82, 2.24) is 4.72 Å². The summed E-state index contributed by atoms with van der Waals surface area (Å²) in [6, 6.07) is 15.2. The van der Waals surface area contributed by atoms with Crippen molar-refractivity contribution in [3.05, 3.63) is 75.8 Å². The van der Waals surface area contributed by atoms with Crippen molar-refractivity contribution in [3.8, 4) is 0 Å². The van der Waals surface area contributed by atoms with Crippen LogP contribution in [0.3, 0.4) is 0 Å². The number of nitrogens with zero attached hydrogens (tertiary/aromatic N) is 1. The van der Waals surface area contributed by atoms with Crippen molar-refractivity contribution in [3.63, 3.8) is 0 Å². The van der Waals surface area contributed by atoms with Gasteiger partial charge in [0.25, 0.3) is 5.69 Å². The predicted molar refractivity (Wildman–Crippen MR) is 87.8 cm³/mol. The maximum Gasteiger partial charge on any atom is 0.269 e. The zero-order chi connectivity index (χ0) is 17.2. The average Bonchev–Trinajstić information content (AvgIpc) is 3.32. The summed E-state index contributed by atoms with van der Waals surface area (Å²) in [4.78, 5) is 10.1. The molecule has 2 aromatic rings. The maximum absolute atomic E-state index is 12.1. The number of epoxide rings is 1. The summed E-state index contributed by atoms with van der Waals surface area (Å²) in [6.07, 6.45) is -0.524. The molecule has 8 heteroatoms. The van der Waals surface area contributed by atoms with E-state index in [1.165, 1.54) is 24.3 Å². The van der Waals surface area contributed by atoms with Crippen LogP contribution < -0.4 is 4.72 Å². The quantitative estimate of drug-likeness (QED) is 0.469. The Morgan fingerprint density at radius 1 is 1.08 bits per heavy atom. The van der Waals surface area contributed by atoms with Gasteiger partial charge in [-0.05, 0) is 11.1 Å². The molecule has 1 saturated heterocycles. The number of benzene rings is 2. The minimum absolute atomic E-state index is 0.0290. The summed E-state index contributed by atoms with van der Waals surface area (Å²) in [7, 11) is -3.49. The molecule has 1 heterocycles. The first-order valence-electron chi connectivity index (χ1n) is 7.36. The molecule has 0 bridgehead atoms. The van der Waals surface area contributed by atoms with Gasteiger partial charge in [-0.25, -0.2) is 13.1 Å². The first-order chi connectivity index (χ1) is 11.4. The van der Waals surface area contributed by atoms with Crippen LogP contribution in [0, 0.1) is 10.1 Å². The third-order valence-corrected chi connectivity index (χ3v) is 5.09. The molecule has 126 valence electrons. The van der Waals surface area contributed by atoms with E-state index in [9.17, 15) is 18.5 Å². The summed E-state index contributed by atoms with van der Waals surface area (Å²) < 4.78 is 32.1. The molecule has 0 amide bonds. The van der Waals surface area contributed by atoms with Crippen LogP contribution >= 0.6 is 0 Å². The zero-order valence-electron chi connectivity index (χ0n) is 12.7. The van der Waals surface area contributed by atoms with Gasteiger partial charge in [0.15, 0.2) is 0 Å². The molecular formula is C16H16N2O5S. The van der Waals surface area contributed by atoms with E-state index < -0.39 is 14.9 Å². The van der Waals surface area contributed by atoms with Crippen molar-refractivity contribution < 1.29 is 18.1 Å². The van der Waals surface area contributed by atoms with Crippen molar-refractivity contribution in [2.24, 2.45) is 0 Å². The Morgan fingerprint density at radius 3 is 2.38 bits per heavy atom. The second-order valence-corrected chi connectivity index (χ2v) is 7.38. The fourth-order valence-corrected chi connectivity index (χ4v) is 3.60. The second-order valence-electron chi connectivity index (χ2n) is 5.53. The number of hydrogen-bond acceptors (Lipinski definition) is 5. The molecule has 0 saturated carbocycles. The average molecular weight is 348 g/mol. The molecule has 2 atom stereocenters. The molecule has 0 spiro atoms. The number of nitrogens with one attached hydrogen (secondary N) is 1. The lowest BCUT2D eigenvalue weighted by Crippen LogP contribution is -2.28. The number of sulfonamides is 1. The van der Waals surface area contributed by atoms with Gasteiger partial charge in [-0.3, -0.25) is 10.1 Å². The number of non-ortho nitro benzene ring substituents is 1. The molecule has 0 aliphatic carbocycles. The number of rotatable bonds is 7. The highest BCUT2D eigenvalue weighted by molar-refractivity contribution is 7.89. The van der Waals surface area contributed by atoms with Crippen molar-refractivity contribution in [2.45, 2.75) is 18.8 Å². The van der Waals surface area contributed by atoms with Crippen LogP contribution in [-0.2, 0) is 21.3 Å². The van der Waals surface area contributed by atoms with Crippen molar-refractivity contribution in [2.75, 3.05) is 5.75 Å². The molecule has 1 aliphatic heterocycles. The fraction of sp³-hybridized carbons (Fsp3) is 0.250. The normalized spacial score (nSPS) is 19.8. The zero-order valence-corrected chi connectivity index (χ0v) is 13.5. The lowest BCUT2D eigenvalue weighted by Gasteiger charge is -2.05. The third kappa shape index (κ3) is 4.16. The summed E-state index contributed by atoms with van der Waals surface area (Å²) >= 11 is 0. The topological polar surface area (TPSA) is 102 Å². The highest BCUT2D eigenvalue weighted by Crippen LogP contribution is 2.39. The van der Waals surface area contributed by atoms with Crippen LogP contribution in [0.5, 0.6) is 0 Å². The van der Waals surface area contributed by atoms with Gasteiger partial charge >= 0.3 is 0 Å². The van der Waals surface area contributed by atoms with Gasteiger partial charge in [-0.1, -0.05) is 42.5 Å². The Kier molecular flexibility index (Phi) is 4.61. The Morgan fingerprint density at radius 2 is 1.75 bits per heavy atom. The molecule has 1 aliphatic rings. The molecule has 1 fully saturated rings. The van der Waals surface area contributed by atoms with E-state index in [2.05, 4.69) is 4.72 Å². The van der Waals surface area contributed by atoms with Crippen LogP contribution in [0.15, 0.2) is 54.6 Å². The number of nitro benzene ring substituents is 1. The van der Waals surface area contributed by atoms with Crippen LogP contribution in [0.25, 0.3) is 0 Å². The van der Waals surface area contributed by atoms with E-state index in [0.29, 0.717) is 5.56 Å². The van der Waals surface area contributed by atoms with Gasteiger partial charge in [-0.15, -0.1) is 0 Å². The highest BCUT2D eigenvalue weighted by atomic mass is 32.2. The summed E-state index contributed by atoms with van der Waals surface area (Å²) in [6.45, 7) is 0.0864. The van der Waals surface area contributed by atoms with Crippen LogP contribution in [0.4, 0.5) is 5.69 Å². The smallest absolute Gasteiger partial charge is 0.269 e. The van der Waals surface area contributed by atoms with E-state index >= 15 is 0 Å². The Bertz CT molecular complexity index is 821. The molecular weight excluding hydrogens is 332 g/mol. The molecule has 0 radical (unpaired) electrons. The van der Waals surface area contributed by atoms with Crippen LogP contribution in [0.2, 0.25) is 0 Å². The predicted octanol–water partition coefficient (Wildman–Crippen LogP) is 2.15. The molecule has 1 N–H and O–H groups in total. The number of ether oxygens (including phenoxy) is 1. The van der Waals surface area contributed by atoms with Crippen LogP contribution in [0.1, 0.15) is 17.2 Å². The van der Waals surface area contributed by atoms with Gasteiger partial charge < -0.3 is 4.74 Å². The van der Waals surface area contributed by atoms with E-state index in [4.69, 9.17) is 4.74 Å². The second kappa shape index (κ2) is 6.68. The van der Waals surface area contributed by atoms with Gasteiger partial charge in [0.05, 0.1) is 10.7 Å². The first-order valence-corrected chi connectivity index (χ1v) is 9.01. The Balaban J connectivity index is 1.53. The highest BCUT2D eigenvalue weighted by Gasteiger charge is 2.42. The van der Waals surface area contributed by atoms with E-state index in [1.54, 1.807) is 0 Å². The lowest BCUT2D eigenvalue weighted by atomic mass is 10.1. The minimum Gasteiger partial charge on any atom is -0.363 e. The minimum atomic E-state index is -3.49.